The molecule has 2 aromatic heterocycles. The van der Waals surface area contributed by atoms with Gasteiger partial charge in [-0.25, -0.2) is 19.9 Å². The predicted octanol–water partition coefficient (Wildman–Crippen LogP) is 7.66. The van der Waals surface area contributed by atoms with Gasteiger partial charge in [0, 0.05) is 65.7 Å². The third kappa shape index (κ3) is 13.8. The maximum absolute atomic E-state index is 14.1. The Morgan fingerprint density at radius 2 is 0.809 bits per heavy atom. The first-order valence-electron chi connectivity index (χ1n) is 22.1. The first-order chi connectivity index (χ1) is 31.9. The van der Waals surface area contributed by atoms with Crippen LogP contribution < -0.4 is 44.6 Å². The molecule has 5 aromatic rings. The van der Waals surface area contributed by atoms with Crippen LogP contribution in [0.1, 0.15) is 127 Å². The van der Waals surface area contributed by atoms with Crippen molar-refractivity contribution < 1.29 is 19.2 Å². The van der Waals surface area contributed by atoms with E-state index in [4.69, 9.17) is 28.7 Å². The van der Waals surface area contributed by atoms with Gasteiger partial charge in [0.1, 0.15) is 35.4 Å². The van der Waals surface area contributed by atoms with Gasteiger partial charge in [-0.3, -0.25) is 19.2 Å². The molecule has 0 aliphatic heterocycles. The molecule has 0 unspecified atom stereocenters. The number of nitrogen functional groups attached to an aromatic ring is 2. The Bertz CT molecular complexity index is 2510. The number of Topliss-reactive ketones (excluding diaryl/α,β-unsaturated/α-hetero) is 1. The van der Waals surface area contributed by atoms with Crippen LogP contribution in [0.2, 0.25) is 0 Å². The van der Waals surface area contributed by atoms with Gasteiger partial charge in [0.05, 0.1) is 26.9 Å². The van der Waals surface area contributed by atoms with Gasteiger partial charge in [-0.1, -0.05) is 68.4 Å². The Kier molecular flexibility index (Phi) is 17.8. The fourth-order valence-electron chi connectivity index (χ4n) is 6.74. The van der Waals surface area contributed by atoms with E-state index in [1.165, 1.54) is 53.7 Å². The second-order valence-electron chi connectivity index (χ2n) is 19.1. The number of nitrogens with zero attached hydrogens (tertiary/aromatic N) is 4. The summed E-state index contributed by atoms with van der Waals surface area (Å²) in [5, 5.41) is 8.89. The molecule has 0 saturated carbocycles. The van der Waals surface area contributed by atoms with Gasteiger partial charge in [0.15, 0.2) is 5.78 Å². The number of hydrogen-bond acceptors (Lipinski definition) is 16. The van der Waals surface area contributed by atoms with Crippen molar-refractivity contribution in [3.63, 3.8) is 0 Å². The van der Waals surface area contributed by atoms with E-state index in [1.807, 2.05) is 77.9 Å². The molecule has 68 heavy (non-hydrogen) atoms. The van der Waals surface area contributed by atoms with E-state index in [2.05, 4.69) is 56.7 Å². The lowest BCUT2D eigenvalue weighted by atomic mass is 9.85. The first kappa shape index (κ1) is 53.4. The molecule has 0 saturated heterocycles. The lowest BCUT2D eigenvalue weighted by molar-refractivity contribution is 0.0983. The van der Waals surface area contributed by atoms with Gasteiger partial charge in [0.2, 0.25) is 0 Å². The minimum absolute atomic E-state index is 0.00999. The van der Waals surface area contributed by atoms with E-state index in [-0.39, 0.29) is 45.8 Å². The number of anilines is 5. The maximum atomic E-state index is 14.1. The van der Waals surface area contributed by atoms with Crippen molar-refractivity contribution in [3.8, 4) is 0 Å². The van der Waals surface area contributed by atoms with Gasteiger partial charge in [-0.15, -0.1) is 35.3 Å². The van der Waals surface area contributed by atoms with Crippen molar-refractivity contribution in [2.24, 2.45) is 17.2 Å². The maximum Gasteiger partial charge on any atom is 0.274 e. The van der Waals surface area contributed by atoms with Crippen molar-refractivity contribution in [1.29, 1.82) is 0 Å². The standard InChI is InChI=1S/C49H64N12O4S3/c1-47(2,3)28-16-27(41(31(53)18-28)66-13-10-50)17-40(62)33-23-37(56-25-55-33)44(63)60-35-21-30(49(7,8)9)22-36(43(35)68-15-12-52)61-46(65)39-24-38(57-26-58-39)45(64)59-34-20-29(48(4,5)6)19-32(54)42(34)67-14-11-51/h16,18-26H,10-15,17,50-54H2,1-9H3,(H,59,64)(H,60,63)(H,61,65). The van der Waals surface area contributed by atoms with Crippen molar-refractivity contribution in [3.05, 3.63) is 106 Å². The van der Waals surface area contributed by atoms with E-state index in [9.17, 15) is 19.2 Å². The molecule has 16 nitrogen and oxygen atoms in total. The number of carbonyl (C=O) groups excluding carboxylic acids is 4. The lowest BCUT2D eigenvalue weighted by Crippen LogP contribution is -2.21. The minimum Gasteiger partial charge on any atom is -0.398 e. The summed E-state index contributed by atoms with van der Waals surface area (Å²) in [6.45, 7) is 19.5. The molecule has 2 heterocycles. The highest BCUT2D eigenvalue weighted by atomic mass is 32.2. The number of carbonyl (C=O) groups is 4. The van der Waals surface area contributed by atoms with Crippen LogP contribution in [0.3, 0.4) is 0 Å². The van der Waals surface area contributed by atoms with Crippen LogP contribution in [0, 0.1) is 0 Å². The molecule has 0 spiro atoms. The van der Waals surface area contributed by atoms with Crippen LogP contribution in [0.15, 0.2) is 75.9 Å². The number of amides is 3. The Labute approximate surface area is 411 Å². The van der Waals surface area contributed by atoms with Gasteiger partial charge < -0.3 is 44.6 Å². The molecular formula is C49H64N12O4S3. The molecule has 0 atom stereocenters. The van der Waals surface area contributed by atoms with E-state index < -0.39 is 23.1 Å². The summed E-state index contributed by atoms with van der Waals surface area (Å²) in [4.78, 5) is 74.8. The minimum atomic E-state index is -0.629. The Morgan fingerprint density at radius 3 is 1.24 bits per heavy atom. The monoisotopic (exact) mass is 980 g/mol. The number of aromatic nitrogens is 4. The molecule has 0 aliphatic carbocycles. The number of nitrogens with two attached hydrogens (primary N) is 5. The third-order valence-corrected chi connectivity index (χ3v) is 14.1. The predicted molar refractivity (Wildman–Crippen MR) is 280 cm³/mol. The zero-order valence-electron chi connectivity index (χ0n) is 40.3. The summed E-state index contributed by atoms with van der Waals surface area (Å²) in [5.74, 6) is -0.496. The van der Waals surface area contributed by atoms with Crippen LogP contribution in [0.4, 0.5) is 28.4 Å². The van der Waals surface area contributed by atoms with Gasteiger partial charge in [-0.05, 0) is 74.9 Å². The van der Waals surface area contributed by atoms with Gasteiger partial charge in [0.25, 0.3) is 17.7 Å². The fourth-order valence-corrected chi connectivity index (χ4v) is 9.27. The molecule has 19 heteroatoms. The number of thioether (sulfide) groups is 3. The van der Waals surface area contributed by atoms with Gasteiger partial charge in [-0.2, -0.15) is 0 Å². The van der Waals surface area contributed by atoms with Crippen LogP contribution in [0.5, 0.6) is 0 Å². The highest BCUT2D eigenvalue weighted by Gasteiger charge is 2.26. The summed E-state index contributed by atoms with van der Waals surface area (Å²) >= 11 is 4.26. The molecule has 13 N–H and O–H groups in total. The second kappa shape index (κ2) is 22.7. The molecule has 0 bridgehead atoms. The molecule has 3 amide bonds. The smallest absolute Gasteiger partial charge is 0.274 e. The van der Waals surface area contributed by atoms with Crippen LogP contribution in [0.25, 0.3) is 0 Å². The van der Waals surface area contributed by atoms with Gasteiger partial charge >= 0.3 is 0 Å². The fraction of sp³-hybridized carbons (Fsp3) is 0.388. The van der Waals surface area contributed by atoms with Crippen LogP contribution in [-0.2, 0) is 22.7 Å². The summed E-state index contributed by atoms with van der Waals surface area (Å²) in [5.41, 5.74) is 35.3. The number of nitrogens with one attached hydrogen (secondary N) is 3. The second-order valence-corrected chi connectivity index (χ2v) is 22.4. The normalized spacial score (nSPS) is 11.9. The molecule has 0 radical (unpaired) electrons. The van der Waals surface area contributed by atoms with Crippen LogP contribution in [-0.4, -0.2) is 80.3 Å². The van der Waals surface area contributed by atoms with Crippen molar-refractivity contribution in [2.45, 2.75) is 99.7 Å². The summed E-state index contributed by atoms with van der Waals surface area (Å²) in [7, 11) is 0. The number of hydrogen-bond donors (Lipinski definition) is 8. The largest absolute Gasteiger partial charge is 0.398 e. The molecule has 362 valence electrons. The van der Waals surface area contributed by atoms with Crippen molar-refractivity contribution in [2.75, 3.05) is 64.3 Å². The number of benzene rings is 3. The highest BCUT2D eigenvalue weighted by Crippen LogP contribution is 2.41. The molecular weight excluding hydrogens is 917 g/mol. The molecule has 3 aromatic carbocycles. The van der Waals surface area contributed by atoms with E-state index in [0.717, 1.165) is 33.5 Å². The lowest BCUT2D eigenvalue weighted by Gasteiger charge is -2.24. The molecule has 0 aliphatic rings. The van der Waals surface area contributed by atoms with Crippen LogP contribution >= 0.6 is 35.3 Å². The average molecular weight is 981 g/mol. The third-order valence-electron chi connectivity index (χ3n) is 10.5. The topological polar surface area (TPSA) is 286 Å². The summed E-state index contributed by atoms with van der Waals surface area (Å²) in [6.07, 6.45) is 2.32. The average Bonchev–Trinajstić information content (AvgIpc) is 3.27. The Morgan fingerprint density at radius 1 is 0.471 bits per heavy atom. The Balaban J connectivity index is 1.45. The summed E-state index contributed by atoms with van der Waals surface area (Å²) < 4.78 is 0. The summed E-state index contributed by atoms with van der Waals surface area (Å²) in [6, 6.07) is 14.0. The van der Waals surface area contributed by atoms with Crippen molar-refractivity contribution in [1.82, 2.24) is 19.9 Å². The quantitative estimate of drug-likeness (QED) is 0.0238. The first-order valence-corrected chi connectivity index (χ1v) is 25.1. The van der Waals surface area contributed by atoms with Crippen molar-refractivity contribution >= 4 is 87.2 Å². The Hall–Kier alpha value is -5.57. The zero-order valence-corrected chi connectivity index (χ0v) is 42.7. The van der Waals surface area contributed by atoms with E-state index in [1.54, 1.807) is 0 Å². The number of rotatable bonds is 18. The SMILES string of the molecule is CC(C)(C)c1cc(N)c(SCCN)c(CC(=O)c2cc(C(=O)Nc3cc(C(C)(C)C)cc(NC(=O)c4cc(C(=O)Nc5cc(C(C)(C)C)cc(N)c5SCCN)ncn4)c3SCCN)ncn2)c1. The highest BCUT2D eigenvalue weighted by molar-refractivity contribution is 8.00. The molecule has 5 rings (SSSR count). The molecule has 0 fully saturated rings. The van der Waals surface area contributed by atoms with E-state index in [0.29, 0.717) is 75.1 Å². The van der Waals surface area contributed by atoms with E-state index >= 15 is 0 Å². The number of ketones is 1. The zero-order chi connectivity index (χ0) is 50.1.